The van der Waals surface area contributed by atoms with E-state index in [1.165, 1.54) is 36.0 Å². The Morgan fingerprint density at radius 1 is 1.15 bits per heavy atom. The van der Waals surface area contributed by atoms with Crippen LogP contribution in [0.4, 0.5) is 5.69 Å². The molecule has 0 spiro atoms. The molecule has 0 bridgehead atoms. The van der Waals surface area contributed by atoms with Crippen molar-refractivity contribution in [3.8, 4) is 11.4 Å². The SMILES string of the molecule is Cn1c(SCC(=O)Nc2ccc(S(N)(=O)=O)cc2)nnc1-c1ccncc1. The summed E-state index contributed by atoms with van der Waals surface area (Å²) in [6, 6.07) is 9.29. The van der Waals surface area contributed by atoms with Gasteiger partial charge in [0.1, 0.15) is 0 Å². The van der Waals surface area contributed by atoms with Gasteiger partial charge in [0.25, 0.3) is 0 Å². The van der Waals surface area contributed by atoms with Gasteiger partial charge in [-0.2, -0.15) is 0 Å². The van der Waals surface area contributed by atoms with Gasteiger partial charge in [-0.15, -0.1) is 10.2 Å². The molecule has 0 aliphatic heterocycles. The van der Waals surface area contributed by atoms with E-state index in [9.17, 15) is 13.2 Å². The smallest absolute Gasteiger partial charge is 0.238 e. The van der Waals surface area contributed by atoms with E-state index in [1.54, 1.807) is 17.0 Å². The first-order valence-electron chi connectivity index (χ1n) is 7.70. The first-order valence-corrected chi connectivity index (χ1v) is 10.2. The molecule has 1 aromatic carbocycles. The lowest BCUT2D eigenvalue weighted by Crippen LogP contribution is -2.15. The summed E-state index contributed by atoms with van der Waals surface area (Å²) in [5.74, 6) is 0.551. The van der Waals surface area contributed by atoms with Crippen LogP contribution in [0.3, 0.4) is 0 Å². The number of aromatic nitrogens is 4. The molecule has 27 heavy (non-hydrogen) atoms. The highest BCUT2D eigenvalue weighted by Crippen LogP contribution is 2.22. The summed E-state index contributed by atoms with van der Waals surface area (Å²) in [4.78, 5) is 16.1. The quantitative estimate of drug-likeness (QED) is 0.591. The average Bonchev–Trinajstić information content (AvgIpc) is 3.01. The molecular weight excluding hydrogens is 388 g/mol. The topological polar surface area (TPSA) is 133 Å². The second kappa shape index (κ2) is 7.86. The average molecular weight is 404 g/mol. The molecule has 0 unspecified atom stereocenters. The van der Waals surface area contributed by atoms with Crippen molar-refractivity contribution in [2.75, 3.05) is 11.1 Å². The van der Waals surface area contributed by atoms with Crippen LogP contribution >= 0.6 is 11.8 Å². The van der Waals surface area contributed by atoms with Crippen LogP contribution in [-0.4, -0.2) is 39.8 Å². The van der Waals surface area contributed by atoms with Crippen molar-refractivity contribution in [2.45, 2.75) is 10.1 Å². The largest absolute Gasteiger partial charge is 0.325 e. The van der Waals surface area contributed by atoms with Crippen molar-refractivity contribution in [3.05, 3.63) is 48.8 Å². The Labute approximate surface area is 160 Å². The number of carbonyl (C=O) groups excluding carboxylic acids is 1. The number of thioether (sulfide) groups is 1. The van der Waals surface area contributed by atoms with Crippen LogP contribution < -0.4 is 10.5 Å². The van der Waals surface area contributed by atoms with Crippen LogP contribution in [0.15, 0.2) is 58.8 Å². The predicted octanol–water partition coefficient (Wildman–Crippen LogP) is 1.26. The lowest BCUT2D eigenvalue weighted by atomic mass is 10.2. The lowest BCUT2D eigenvalue weighted by molar-refractivity contribution is -0.113. The fraction of sp³-hybridized carbons (Fsp3) is 0.125. The number of rotatable bonds is 6. The summed E-state index contributed by atoms with van der Waals surface area (Å²) in [5, 5.41) is 16.6. The Morgan fingerprint density at radius 2 is 1.81 bits per heavy atom. The number of primary sulfonamides is 1. The van der Waals surface area contributed by atoms with Crippen molar-refractivity contribution >= 4 is 33.4 Å². The van der Waals surface area contributed by atoms with Gasteiger partial charge < -0.3 is 9.88 Å². The van der Waals surface area contributed by atoms with Crippen LogP contribution in [0, 0.1) is 0 Å². The zero-order valence-electron chi connectivity index (χ0n) is 14.2. The van der Waals surface area contributed by atoms with Gasteiger partial charge in [0.2, 0.25) is 15.9 Å². The second-order valence-corrected chi connectivity index (χ2v) is 8.01. The van der Waals surface area contributed by atoms with Crippen molar-refractivity contribution in [3.63, 3.8) is 0 Å². The zero-order valence-corrected chi connectivity index (χ0v) is 15.9. The number of nitrogens with two attached hydrogens (primary N) is 1. The first kappa shape index (κ1) is 19.0. The van der Waals surface area contributed by atoms with Crippen molar-refractivity contribution < 1.29 is 13.2 Å². The number of benzene rings is 1. The number of carbonyl (C=O) groups is 1. The number of amides is 1. The monoisotopic (exact) mass is 404 g/mol. The highest BCUT2D eigenvalue weighted by Gasteiger charge is 2.13. The molecule has 2 heterocycles. The van der Waals surface area contributed by atoms with E-state index in [0.717, 1.165) is 5.56 Å². The summed E-state index contributed by atoms with van der Waals surface area (Å²) < 4.78 is 24.3. The van der Waals surface area contributed by atoms with Crippen LogP contribution in [0.5, 0.6) is 0 Å². The second-order valence-electron chi connectivity index (χ2n) is 5.51. The standard InChI is InChI=1S/C16H16N6O3S2/c1-22-15(11-6-8-18-9-7-11)20-21-16(22)26-10-14(23)19-12-2-4-13(5-3-12)27(17,24)25/h2-9H,10H2,1H3,(H,19,23)(H2,17,24,25). The lowest BCUT2D eigenvalue weighted by Gasteiger charge is -2.06. The minimum absolute atomic E-state index is 0.0161. The molecule has 1 amide bonds. The van der Waals surface area contributed by atoms with Gasteiger partial charge in [-0.25, -0.2) is 13.6 Å². The van der Waals surface area contributed by atoms with E-state index < -0.39 is 10.0 Å². The van der Waals surface area contributed by atoms with Gasteiger partial charge in [0.15, 0.2) is 11.0 Å². The van der Waals surface area contributed by atoms with Gasteiger partial charge in [0.05, 0.1) is 10.6 Å². The first-order chi connectivity index (χ1) is 12.8. The Balaban J connectivity index is 1.61. The number of hydrogen-bond donors (Lipinski definition) is 2. The fourth-order valence-electron chi connectivity index (χ4n) is 2.25. The summed E-state index contributed by atoms with van der Waals surface area (Å²) in [6.07, 6.45) is 3.34. The highest BCUT2D eigenvalue weighted by atomic mass is 32.2. The van der Waals surface area contributed by atoms with Gasteiger partial charge in [0, 0.05) is 30.7 Å². The third-order valence-electron chi connectivity index (χ3n) is 3.57. The van der Waals surface area contributed by atoms with Crippen LogP contribution in [0.2, 0.25) is 0 Å². The summed E-state index contributed by atoms with van der Waals surface area (Å²) in [6.45, 7) is 0. The molecule has 140 valence electrons. The normalized spacial score (nSPS) is 11.3. The molecule has 0 aliphatic carbocycles. The molecule has 0 saturated carbocycles. The van der Waals surface area contributed by atoms with Crippen LogP contribution in [-0.2, 0) is 21.9 Å². The molecule has 2 aromatic heterocycles. The van der Waals surface area contributed by atoms with Gasteiger partial charge in [-0.1, -0.05) is 11.8 Å². The van der Waals surface area contributed by atoms with Crippen LogP contribution in [0.1, 0.15) is 0 Å². The van der Waals surface area contributed by atoms with Crippen molar-refractivity contribution in [1.82, 2.24) is 19.7 Å². The van der Waals surface area contributed by atoms with Crippen LogP contribution in [0.25, 0.3) is 11.4 Å². The van der Waals surface area contributed by atoms with E-state index in [1.807, 2.05) is 19.2 Å². The Hall–Kier alpha value is -2.76. The third-order valence-corrected chi connectivity index (χ3v) is 5.52. The van der Waals surface area contributed by atoms with E-state index in [0.29, 0.717) is 16.7 Å². The number of nitrogens with one attached hydrogen (secondary N) is 1. The van der Waals surface area contributed by atoms with E-state index in [4.69, 9.17) is 5.14 Å². The molecule has 0 aliphatic rings. The minimum Gasteiger partial charge on any atom is -0.325 e. The Kier molecular flexibility index (Phi) is 5.54. The van der Waals surface area contributed by atoms with Gasteiger partial charge in [-0.3, -0.25) is 9.78 Å². The number of pyridine rings is 1. The Bertz CT molecular complexity index is 1050. The van der Waals surface area contributed by atoms with E-state index >= 15 is 0 Å². The Morgan fingerprint density at radius 3 is 2.44 bits per heavy atom. The summed E-state index contributed by atoms with van der Waals surface area (Å²) >= 11 is 1.24. The summed E-state index contributed by atoms with van der Waals surface area (Å²) in [7, 11) is -1.94. The molecule has 0 fully saturated rings. The molecule has 11 heteroatoms. The molecule has 0 atom stereocenters. The van der Waals surface area contributed by atoms with Crippen molar-refractivity contribution in [2.24, 2.45) is 12.2 Å². The predicted molar refractivity (Wildman–Crippen MR) is 101 cm³/mol. The molecule has 0 radical (unpaired) electrons. The number of sulfonamides is 1. The number of hydrogen-bond acceptors (Lipinski definition) is 7. The molecule has 3 N–H and O–H groups in total. The molecule has 9 nitrogen and oxygen atoms in total. The van der Waals surface area contributed by atoms with Gasteiger partial charge >= 0.3 is 0 Å². The molecular formula is C16H16N6O3S2. The van der Waals surface area contributed by atoms with E-state index in [-0.39, 0.29) is 16.6 Å². The fourth-order valence-corrected chi connectivity index (χ4v) is 3.47. The molecule has 0 saturated heterocycles. The molecule has 3 aromatic rings. The number of nitrogens with zero attached hydrogens (tertiary/aromatic N) is 4. The maximum Gasteiger partial charge on any atom is 0.238 e. The maximum atomic E-state index is 12.1. The summed E-state index contributed by atoms with van der Waals surface area (Å²) in [5.41, 5.74) is 1.36. The minimum atomic E-state index is -3.76. The number of anilines is 1. The van der Waals surface area contributed by atoms with Gasteiger partial charge in [-0.05, 0) is 36.4 Å². The maximum absolute atomic E-state index is 12.1. The highest BCUT2D eigenvalue weighted by molar-refractivity contribution is 7.99. The van der Waals surface area contributed by atoms with E-state index in [2.05, 4.69) is 20.5 Å². The van der Waals surface area contributed by atoms with Crippen molar-refractivity contribution in [1.29, 1.82) is 0 Å². The zero-order chi connectivity index (χ0) is 19.4. The molecule has 3 rings (SSSR count). The third kappa shape index (κ3) is 4.70.